The number of esters is 1. The van der Waals surface area contributed by atoms with E-state index in [2.05, 4.69) is 10.1 Å². The van der Waals surface area contributed by atoms with Crippen molar-refractivity contribution in [2.75, 3.05) is 20.3 Å². The zero-order valence-corrected chi connectivity index (χ0v) is 7.71. The van der Waals surface area contributed by atoms with Crippen LogP contribution in [0.5, 0.6) is 0 Å². The molecular weight excluding hydrogens is 174 g/mol. The Hall–Kier alpha value is -1.10. The van der Waals surface area contributed by atoms with E-state index in [-0.39, 0.29) is 31.5 Å². The van der Waals surface area contributed by atoms with Crippen LogP contribution in [-0.4, -0.2) is 37.2 Å². The Kier molecular flexibility index (Phi) is 6.91. The minimum atomic E-state index is -0.377. The molecular formula is C8H15NO4. The summed E-state index contributed by atoms with van der Waals surface area (Å²) >= 11 is 0. The molecule has 0 rings (SSSR count). The highest BCUT2D eigenvalue weighted by Gasteiger charge is 2.04. The third kappa shape index (κ3) is 7.27. The predicted octanol–water partition coefficient (Wildman–Crippen LogP) is -0.562. The number of rotatable bonds is 6. The third-order valence-electron chi connectivity index (χ3n) is 1.42. The maximum Gasteiger partial charge on any atom is 0.305 e. The van der Waals surface area contributed by atoms with Gasteiger partial charge in [0.15, 0.2) is 0 Å². The number of aliphatic hydroxyl groups is 1. The van der Waals surface area contributed by atoms with Gasteiger partial charge >= 0.3 is 5.97 Å². The van der Waals surface area contributed by atoms with Crippen LogP contribution >= 0.6 is 0 Å². The highest BCUT2D eigenvalue weighted by atomic mass is 16.5. The number of hydrogen-bond donors (Lipinski definition) is 2. The van der Waals surface area contributed by atoms with E-state index in [0.29, 0.717) is 12.8 Å². The van der Waals surface area contributed by atoms with Crippen molar-refractivity contribution in [1.29, 1.82) is 0 Å². The summed E-state index contributed by atoms with van der Waals surface area (Å²) in [5.41, 5.74) is 0. The summed E-state index contributed by atoms with van der Waals surface area (Å²) in [6.07, 6.45) is 1.02. The van der Waals surface area contributed by atoms with E-state index in [1.54, 1.807) is 7.05 Å². The molecule has 2 N–H and O–H groups in total. The first-order chi connectivity index (χ1) is 6.20. The summed E-state index contributed by atoms with van der Waals surface area (Å²) in [5.74, 6) is -0.465. The molecule has 0 aliphatic heterocycles. The average Bonchev–Trinajstić information content (AvgIpc) is 2.14. The third-order valence-corrected chi connectivity index (χ3v) is 1.42. The Morgan fingerprint density at radius 3 is 2.62 bits per heavy atom. The molecule has 0 aliphatic carbocycles. The SMILES string of the molecule is CNC(=O)CCCC(=O)OCCO. The van der Waals surface area contributed by atoms with Crippen LogP contribution in [0.1, 0.15) is 19.3 Å². The molecule has 0 aromatic rings. The molecule has 76 valence electrons. The van der Waals surface area contributed by atoms with Crippen molar-refractivity contribution in [3.05, 3.63) is 0 Å². The number of aliphatic hydroxyl groups excluding tert-OH is 1. The molecule has 0 unspecified atom stereocenters. The van der Waals surface area contributed by atoms with E-state index < -0.39 is 0 Å². The summed E-state index contributed by atoms with van der Waals surface area (Å²) in [7, 11) is 1.55. The van der Waals surface area contributed by atoms with Gasteiger partial charge in [0.05, 0.1) is 6.61 Å². The highest BCUT2D eigenvalue weighted by molar-refractivity contribution is 5.76. The second-order valence-corrected chi connectivity index (χ2v) is 2.47. The van der Waals surface area contributed by atoms with Crippen LogP contribution in [-0.2, 0) is 14.3 Å². The smallest absolute Gasteiger partial charge is 0.305 e. The zero-order valence-electron chi connectivity index (χ0n) is 7.71. The minimum Gasteiger partial charge on any atom is -0.463 e. The van der Waals surface area contributed by atoms with Crippen molar-refractivity contribution >= 4 is 11.9 Å². The van der Waals surface area contributed by atoms with Gasteiger partial charge in [-0.15, -0.1) is 0 Å². The molecule has 13 heavy (non-hydrogen) atoms. The maximum absolute atomic E-state index is 10.8. The van der Waals surface area contributed by atoms with Gasteiger partial charge in [0.25, 0.3) is 0 Å². The summed E-state index contributed by atoms with van der Waals surface area (Å²) in [6, 6.07) is 0. The van der Waals surface area contributed by atoms with E-state index in [1.807, 2.05) is 0 Å². The van der Waals surface area contributed by atoms with Crippen LogP contribution in [0, 0.1) is 0 Å². The van der Waals surface area contributed by atoms with E-state index in [0.717, 1.165) is 0 Å². The van der Waals surface area contributed by atoms with Gasteiger partial charge in [-0.2, -0.15) is 0 Å². The Morgan fingerprint density at radius 1 is 1.38 bits per heavy atom. The molecule has 0 aromatic carbocycles. The van der Waals surface area contributed by atoms with Crippen molar-refractivity contribution in [3.63, 3.8) is 0 Å². The fraction of sp³-hybridized carbons (Fsp3) is 0.750. The van der Waals surface area contributed by atoms with Gasteiger partial charge in [0.2, 0.25) is 5.91 Å². The van der Waals surface area contributed by atoms with Crippen molar-refractivity contribution in [3.8, 4) is 0 Å². The molecule has 0 radical (unpaired) electrons. The molecule has 0 saturated carbocycles. The first-order valence-electron chi connectivity index (χ1n) is 4.17. The second kappa shape index (κ2) is 7.54. The van der Waals surface area contributed by atoms with Gasteiger partial charge in [-0.05, 0) is 6.42 Å². The maximum atomic E-state index is 10.8. The molecule has 0 heterocycles. The van der Waals surface area contributed by atoms with Crippen LogP contribution in [0.15, 0.2) is 0 Å². The molecule has 0 spiro atoms. The molecule has 5 heteroatoms. The number of carbonyl (C=O) groups is 2. The van der Waals surface area contributed by atoms with Crippen molar-refractivity contribution in [1.82, 2.24) is 5.32 Å². The van der Waals surface area contributed by atoms with E-state index in [9.17, 15) is 9.59 Å². The number of ether oxygens (including phenoxy) is 1. The molecule has 0 bridgehead atoms. The van der Waals surface area contributed by atoms with Crippen molar-refractivity contribution in [2.24, 2.45) is 0 Å². The fourth-order valence-electron chi connectivity index (χ4n) is 0.750. The van der Waals surface area contributed by atoms with Crippen LogP contribution in [0.3, 0.4) is 0 Å². The number of hydrogen-bond acceptors (Lipinski definition) is 4. The van der Waals surface area contributed by atoms with Crippen LogP contribution in [0.25, 0.3) is 0 Å². The lowest BCUT2D eigenvalue weighted by Gasteiger charge is -2.01. The number of amides is 1. The standard InChI is InChI=1S/C8H15NO4/c1-9-7(11)3-2-4-8(12)13-6-5-10/h10H,2-6H2,1H3,(H,9,11). The van der Waals surface area contributed by atoms with E-state index in [4.69, 9.17) is 5.11 Å². The fourth-order valence-corrected chi connectivity index (χ4v) is 0.750. The molecule has 0 aliphatic rings. The Morgan fingerprint density at radius 2 is 2.08 bits per heavy atom. The van der Waals surface area contributed by atoms with Gasteiger partial charge in [-0.1, -0.05) is 0 Å². The molecule has 0 aromatic heterocycles. The quantitative estimate of drug-likeness (QED) is 0.549. The molecule has 0 saturated heterocycles. The minimum absolute atomic E-state index is 0.0266. The number of carbonyl (C=O) groups excluding carboxylic acids is 2. The number of nitrogens with one attached hydrogen (secondary N) is 1. The van der Waals surface area contributed by atoms with E-state index in [1.165, 1.54) is 0 Å². The molecule has 5 nitrogen and oxygen atoms in total. The van der Waals surface area contributed by atoms with Crippen LogP contribution in [0.4, 0.5) is 0 Å². The Labute approximate surface area is 77.1 Å². The summed E-state index contributed by atoms with van der Waals surface area (Å²) < 4.78 is 4.59. The molecule has 1 amide bonds. The van der Waals surface area contributed by atoms with Gasteiger partial charge in [-0.25, -0.2) is 0 Å². The van der Waals surface area contributed by atoms with Crippen LogP contribution in [0.2, 0.25) is 0 Å². The van der Waals surface area contributed by atoms with Crippen molar-refractivity contribution in [2.45, 2.75) is 19.3 Å². The van der Waals surface area contributed by atoms with Gasteiger partial charge in [0, 0.05) is 19.9 Å². The van der Waals surface area contributed by atoms with Gasteiger partial charge in [0.1, 0.15) is 6.61 Å². The lowest BCUT2D eigenvalue weighted by Crippen LogP contribution is -2.17. The first-order valence-corrected chi connectivity index (χ1v) is 4.17. The van der Waals surface area contributed by atoms with E-state index >= 15 is 0 Å². The van der Waals surface area contributed by atoms with Crippen LogP contribution < -0.4 is 5.32 Å². The predicted molar refractivity (Wildman–Crippen MR) is 46.0 cm³/mol. The molecule has 0 fully saturated rings. The first kappa shape index (κ1) is 11.9. The molecule has 0 atom stereocenters. The van der Waals surface area contributed by atoms with Crippen molar-refractivity contribution < 1.29 is 19.4 Å². The summed E-state index contributed by atoms with van der Waals surface area (Å²) in [6.45, 7) is -0.139. The lowest BCUT2D eigenvalue weighted by atomic mass is 10.2. The largest absolute Gasteiger partial charge is 0.463 e. The zero-order chi connectivity index (χ0) is 10.1. The highest BCUT2D eigenvalue weighted by Crippen LogP contribution is 1.97. The average molecular weight is 189 g/mol. The normalized spacial score (nSPS) is 9.38. The second-order valence-electron chi connectivity index (χ2n) is 2.47. The monoisotopic (exact) mass is 189 g/mol. The topological polar surface area (TPSA) is 75.6 Å². The lowest BCUT2D eigenvalue weighted by molar-refractivity contribution is -0.144. The van der Waals surface area contributed by atoms with Gasteiger partial charge in [-0.3, -0.25) is 9.59 Å². The summed E-state index contributed by atoms with van der Waals surface area (Å²) in [5, 5.41) is 10.8. The van der Waals surface area contributed by atoms with Gasteiger partial charge < -0.3 is 15.2 Å². The Bertz CT molecular complexity index is 170. The Balaban J connectivity index is 3.31. The summed E-state index contributed by atoms with van der Waals surface area (Å²) in [4.78, 5) is 21.5.